The molecule has 1 saturated heterocycles. The van der Waals surface area contributed by atoms with E-state index >= 15 is 0 Å². The molecule has 0 aliphatic carbocycles. The van der Waals surface area contributed by atoms with E-state index in [0.717, 1.165) is 35.2 Å². The minimum absolute atomic E-state index is 0.0150. The molecule has 0 bridgehead atoms. The fraction of sp³-hybridized carbons (Fsp3) is 0.222. The van der Waals surface area contributed by atoms with Crippen LogP contribution in [0, 0.1) is 11.6 Å². The maximum absolute atomic E-state index is 13.5. The average molecular weight is 459 g/mol. The molecule has 7 heteroatoms. The molecule has 4 aromatic rings. The molecule has 1 aliphatic heterocycles. The number of halogens is 2. The van der Waals surface area contributed by atoms with Crippen molar-refractivity contribution in [2.45, 2.75) is 31.7 Å². The number of Topliss-reactive ketones (excluding diaryl/α,β-unsaturated/α-hetero) is 1. The Balaban J connectivity index is 1.24. The van der Waals surface area contributed by atoms with E-state index in [-0.39, 0.29) is 28.5 Å². The number of amides is 1. The van der Waals surface area contributed by atoms with Crippen molar-refractivity contribution in [3.05, 3.63) is 89.8 Å². The molecule has 0 spiro atoms. The summed E-state index contributed by atoms with van der Waals surface area (Å²) >= 11 is 0. The number of carbonyl (C=O) groups is 2. The highest BCUT2D eigenvalue weighted by Gasteiger charge is 2.35. The molecule has 0 radical (unpaired) electrons. The van der Waals surface area contributed by atoms with Crippen LogP contribution in [-0.4, -0.2) is 39.1 Å². The molecule has 3 aromatic carbocycles. The van der Waals surface area contributed by atoms with Gasteiger partial charge in [-0.2, -0.15) is 0 Å². The molecule has 5 rings (SSSR count). The van der Waals surface area contributed by atoms with Crippen LogP contribution in [0.4, 0.5) is 8.78 Å². The van der Waals surface area contributed by atoms with E-state index in [0.29, 0.717) is 25.8 Å². The first-order valence-electron chi connectivity index (χ1n) is 11.3. The highest BCUT2D eigenvalue weighted by molar-refractivity contribution is 6.01. The van der Waals surface area contributed by atoms with Crippen LogP contribution in [0.2, 0.25) is 0 Å². The number of aromatic amines is 1. The van der Waals surface area contributed by atoms with Crippen molar-refractivity contribution in [2.75, 3.05) is 6.54 Å². The Bertz CT molecular complexity index is 1310. The van der Waals surface area contributed by atoms with Gasteiger partial charge in [0, 0.05) is 25.1 Å². The van der Waals surface area contributed by atoms with Crippen LogP contribution < -0.4 is 0 Å². The van der Waals surface area contributed by atoms with E-state index in [1.165, 1.54) is 0 Å². The molecule has 1 aliphatic rings. The third-order valence-electron chi connectivity index (χ3n) is 6.32. The summed E-state index contributed by atoms with van der Waals surface area (Å²) in [5, 5.41) is 0. The van der Waals surface area contributed by atoms with Crippen molar-refractivity contribution in [3.8, 4) is 11.1 Å². The highest BCUT2D eigenvalue weighted by Crippen LogP contribution is 2.24. The lowest BCUT2D eigenvalue weighted by Crippen LogP contribution is -2.41. The van der Waals surface area contributed by atoms with Crippen molar-refractivity contribution >= 4 is 22.7 Å². The van der Waals surface area contributed by atoms with Gasteiger partial charge in [-0.25, -0.2) is 13.8 Å². The quantitative estimate of drug-likeness (QED) is 0.397. The van der Waals surface area contributed by atoms with Crippen LogP contribution in [-0.2, 0) is 11.2 Å². The number of nitrogens with one attached hydrogen (secondary N) is 1. The number of nitrogens with zero attached hydrogens (tertiary/aromatic N) is 2. The molecule has 1 atom stereocenters. The van der Waals surface area contributed by atoms with Crippen LogP contribution in [0.15, 0.2) is 66.7 Å². The summed E-state index contributed by atoms with van der Waals surface area (Å²) in [5.41, 5.74) is 3.73. The van der Waals surface area contributed by atoms with Crippen molar-refractivity contribution in [1.82, 2.24) is 14.9 Å². The minimum Gasteiger partial charge on any atom is -0.335 e. The molecular weight excluding hydrogens is 436 g/mol. The molecule has 1 aromatic heterocycles. The van der Waals surface area contributed by atoms with E-state index < -0.39 is 17.7 Å². The molecule has 5 nitrogen and oxygen atoms in total. The van der Waals surface area contributed by atoms with Gasteiger partial charge in [0.05, 0.1) is 17.1 Å². The standard InChI is InChI=1S/C27H23F2N3O2/c28-20-15-22-23(16-21(20)29)31-27(30-22)26(34)24-7-4-14-32(24)25(33)13-10-17-8-11-19(12-9-17)18-5-2-1-3-6-18/h1-3,5-6,8-9,11-12,15-16,24H,4,7,10,13-14H2,(H,30,31)/t24-/m0/s1. The smallest absolute Gasteiger partial charge is 0.223 e. The lowest BCUT2D eigenvalue weighted by Gasteiger charge is -2.23. The topological polar surface area (TPSA) is 66.1 Å². The number of H-pyrrole nitrogens is 1. The fourth-order valence-corrected chi connectivity index (χ4v) is 4.51. The van der Waals surface area contributed by atoms with E-state index in [2.05, 4.69) is 22.1 Å². The molecule has 2 heterocycles. The largest absolute Gasteiger partial charge is 0.335 e. The van der Waals surface area contributed by atoms with Crippen LogP contribution in [0.5, 0.6) is 0 Å². The van der Waals surface area contributed by atoms with Crippen molar-refractivity contribution in [2.24, 2.45) is 0 Å². The molecule has 1 fully saturated rings. The van der Waals surface area contributed by atoms with E-state index in [9.17, 15) is 18.4 Å². The molecule has 1 N–H and O–H groups in total. The number of hydrogen-bond donors (Lipinski definition) is 1. The number of imidazole rings is 1. The maximum atomic E-state index is 13.5. The van der Waals surface area contributed by atoms with Gasteiger partial charge in [0.2, 0.25) is 11.7 Å². The first kappa shape index (κ1) is 21.9. The zero-order valence-electron chi connectivity index (χ0n) is 18.4. The van der Waals surface area contributed by atoms with Crippen LogP contribution >= 0.6 is 0 Å². The number of rotatable bonds is 6. The Morgan fingerprint density at radius 2 is 1.68 bits per heavy atom. The van der Waals surface area contributed by atoms with Gasteiger partial charge in [0.25, 0.3) is 0 Å². The monoisotopic (exact) mass is 459 g/mol. The van der Waals surface area contributed by atoms with E-state index in [1.807, 2.05) is 42.5 Å². The molecule has 1 amide bonds. The van der Waals surface area contributed by atoms with Crippen LogP contribution in [0.1, 0.15) is 35.4 Å². The van der Waals surface area contributed by atoms with Gasteiger partial charge in [-0.1, -0.05) is 54.6 Å². The van der Waals surface area contributed by atoms with Crippen LogP contribution in [0.3, 0.4) is 0 Å². The van der Waals surface area contributed by atoms with Gasteiger partial charge < -0.3 is 9.88 Å². The second kappa shape index (κ2) is 9.17. The Hall–Kier alpha value is -3.87. The number of ketones is 1. The van der Waals surface area contributed by atoms with Gasteiger partial charge >= 0.3 is 0 Å². The number of likely N-dealkylation sites (tertiary alicyclic amines) is 1. The third kappa shape index (κ3) is 4.33. The zero-order chi connectivity index (χ0) is 23.7. The number of hydrogen-bond acceptors (Lipinski definition) is 3. The molecule has 0 saturated carbocycles. The maximum Gasteiger partial charge on any atom is 0.223 e. The summed E-state index contributed by atoms with van der Waals surface area (Å²) in [4.78, 5) is 34.5. The van der Waals surface area contributed by atoms with Crippen molar-refractivity contribution < 1.29 is 18.4 Å². The number of benzene rings is 3. The van der Waals surface area contributed by atoms with E-state index in [1.54, 1.807) is 4.90 Å². The molecule has 172 valence electrons. The second-order valence-electron chi connectivity index (χ2n) is 8.54. The lowest BCUT2D eigenvalue weighted by atomic mass is 10.0. The first-order chi connectivity index (χ1) is 16.5. The number of aryl methyl sites for hydroxylation is 1. The fourth-order valence-electron chi connectivity index (χ4n) is 4.51. The van der Waals surface area contributed by atoms with Gasteiger partial charge in [0.15, 0.2) is 17.5 Å². The summed E-state index contributed by atoms with van der Waals surface area (Å²) in [6.45, 7) is 0.506. The molecule has 34 heavy (non-hydrogen) atoms. The Labute approximate surface area is 195 Å². The summed E-state index contributed by atoms with van der Waals surface area (Å²) in [7, 11) is 0. The van der Waals surface area contributed by atoms with Gasteiger partial charge in [-0.3, -0.25) is 9.59 Å². The predicted molar refractivity (Wildman–Crippen MR) is 125 cm³/mol. The first-order valence-corrected chi connectivity index (χ1v) is 11.3. The normalized spacial score (nSPS) is 15.7. The lowest BCUT2D eigenvalue weighted by molar-refractivity contribution is -0.131. The number of aromatic nitrogens is 2. The van der Waals surface area contributed by atoms with E-state index in [4.69, 9.17) is 0 Å². The van der Waals surface area contributed by atoms with Gasteiger partial charge in [-0.05, 0) is 36.0 Å². The zero-order valence-corrected chi connectivity index (χ0v) is 18.4. The Kier molecular flexibility index (Phi) is 5.92. The molecular formula is C27H23F2N3O2. The second-order valence-corrected chi connectivity index (χ2v) is 8.54. The summed E-state index contributed by atoms with van der Waals surface area (Å²) in [5.74, 6) is -2.44. The third-order valence-corrected chi connectivity index (χ3v) is 6.32. The minimum atomic E-state index is -1.02. The predicted octanol–water partition coefficient (Wildman–Crippen LogP) is 5.31. The number of fused-ring (bicyclic) bond motifs is 1. The van der Waals surface area contributed by atoms with Gasteiger partial charge in [0.1, 0.15) is 0 Å². The van der Waals surface area contributed by atoms with Crippen molar-refractivity contribution in [3.63, 3.8) is 0 Å². The van der Waals surface area contributed by atoms with Gasteiger partial charge in [-0.15, -0.1) is 0 Å². The summed E-state index contributed by atoms with van der Waals surface area (Å²) in [6, 6.07) is 19.5. The SMILES string of the molecule is O=C(c1nc2cc(F)c(F)cc2[nH]1)[C@@H]1CCCN1C(=O)CCc1ccc(-c2ccccc2)cc1. The molecule has 0 unspecified atom stereocenters. The average Bonchev–Trinajstić information content (AvgIpc) is 3.51. The Morgan fingerprint density at radius 1 is 0.971 bits per heavy atom. The number of carbonyl (C=O) groups excluding carboxylic acids is 2. The Morgan fingerprint density at radius 3 is 2.44 bits per heavy atom. The summed E-state index contributed by atoms with van der Waals surface area (Å²) in [6.07, 6.45) is 2.13. The van der Waals surface area contributed by atoms with Crippen molar-refractivity contribution in [1.29, 1.82) is 0 Å². The van der Waals surface area contributed by atoms with Crippen LogP contribution in [0.25, 0.3) is 22.2 Å². The highest BCUT2D eigenvalue weighted by atomic mass is 19.2. The summed E-state index contributed by atoms with van der Waals surface area (Å²) < 4.78 is 27.0.